The zero-order valence-corrected chi connectivity index (χ0v) is 13.3. The van der Waals surface area contributed by atoms with Gasteiger partial charge in [0, 0.05) is 6.04 Å². The predicted molar refractivity (Wildman–Crippen MR) is 81.1 cm³/mol. The highest BCUT2D eigenvalue weighted by atomic mass is 16.5. The molecule has 0 aliphatic heterocycles. The maximum absolute atomic E-state index is 6.04. The Morgan fingerprint density at radius 2 is 1.61 bits per heavy atom. The molecule has 0 fully saturated rings. The smallest absolute Gasteiger partial charge is 0.0565 e. The number of hydrogen-bond donors (Lipinski definition) is 1. The summed E-state index contributed by atoms with van der Waals surface area (Å²) in [6, 6.07) is 0.562. The molecule has 0 aromatic carbocycles. The second kappa shape index (κ2) is 12.0. The molecule has 0 radical (unpaired) electrons. The largest absolute Gasteiger partial charge is 0.376 e. The van der Waals surface area contributed by atoms with Crippen LogP contribution in [0, 0.1) is 0 Å². The van der Waals surface area contributed by atoms with Crippen molar-refractivity contribution in [3.05, 3.63) is 0 Å². The Hall–Kier alpha value is -0.0800. The molecule has 18 heavy (non-hydrogen) atoms. The highest BCUT2D eigenvalue weighted by Crippen LogP contribution is 2.12. The SMILES string of the molecule is CCCCCCC(C)OC(C)CC(C)NCCC. The van der Waals surface area contributed by atoms with Gasteiger partial charge < -0.3 is 10.1 Å². The molecular formula is C16H35NO. The van der Waals surface area contributed by atoms with Crippen molar-refractivity contribution in [1.82, 2.24) is 5.32 Å². The summed E-state index contributed by atoms with van der Waals surface area (Å²) in [6.45, 7) is 12.2. The van der Waals surface area contributed by atoms with Crippen molar-refractivity contribution < 1.29 is 4.74 Å². The summed E-state index contributed by atoms with van der Waals surface area (Å²) in [4.78, 5) is 0. The minimum absolute atomic E-state index is 0.366. The number of hydrogen-bond acceptors (Lipinski definition) is 2. The average molecular weight is 257 g/mol. The zero-order chi connectivity index (χ0) is 13.8. The first-order valence-electron chi connectivity index (χ1n) is 7.98. The molecular weight excluding hydrogens is 222 g/mol. The molecule has 0 aromatic rings. The van der Waals surface area contributed by atoms with Crippen LogP contribution in [0.2, 0.25) is 0 Å². The molecule has 0 aliphatic carbocycles. The lowest BCUT2D eigenvalue weighted by Gasteiger charge is -2.22. The normalized spacial score (nSPS) is 16.5. The van der Waals surface area contributed by atoms with E-state index >= 15 is 0 Å². The van der Waals surface area contributed by atoms with Crippen LogP contribution in [0.4, 0.5) is 0 Å². The third-order valence-corrected chi connectivity index (χ3v) is 3.36. The van der Waals surface area contributed by atoms with Gasteiger partial charge in [-0.25, -0.2) is 0 Å². The third kappa shape index (κ3) is 11.0. The number of unbranched alkanes of at least 4 members (excludes halogenated alkanes) is 3. The first kappa shape index (κ1) is 17.9. The van der Waals surface area contributed by atoms with E-state index in [9.17, 15) is 0 Å². The lowest BCUT2D eigenvalue weighted by molar-refractivity contribution is -0.00507. The lowest BCUT2D eigenvalue weighted by Crippen LogP contribution is -2.31. The molecule has 110 valence electrons. The molecule has 0 amide bonds. The van der Waals surface area contributed by atoms with E-state index in [2.05, 4.69) is 39.9 Å². The van der Waals surface area contributed by atoms with Crippen LogP contribution in [0.5, 0.6) is 0 Å². The van der Waals surface area contributed by atoms with Gasteiger partial charge in [0.05, 0.1) is 12.2 Å². The van der Waals surface area contributed by atoms with E-state index in [4.69, 9.17) is 4.74 Å². The summed E-state index contributed by atoms with van der Waals surface area (Å²) in [6.07, 6.45) is 9.64. The molecule has 2 nitrogen and oxygen atoms in total. The highest BCUT2D eigenvalue weighted by molar-refractivity contribution is 4.66. The molecule has 0 spiro atoms. The quantitative estimate of drug-likeness (QED) is 0.519. The minimum atomic E-state index is 0.366. The van der Waals surface area contributed by atoms with Gasteiger partial charge >= 0.3 is 0 Å². The molecule has 0 aliphatic rings. The van der Waals surface area contributed by atoms with Crippen molar-refractivity contribution >= 4 is 0 Å². The highest BCUT2D eigenvalue weighted by Gasteiger charge is 2.11. The standard InChI is InChI=1S/C16H35NO/c1-6-8-9-10-11-15(4)18-16(5)13-14(3)17-12-7-2/h14-17H,6-13H2,1-5H3. The van der Waals surface area contributed by atoms with E-state index in [0.717, 1.165) is 13.0 Å². The number of rotatable bonds is 12. The summed E-state index contributed by atoms with van der Waals surface area (Å²) in [5.74, 6) is 0. The second-order valence-corrected chi connectivity index (χ2v) is 5.70. The zero-order valence-electron chi connectivity index (χ0n) is 13.3. The van der Waals surface area contributed by atoms with Crippen LogP contribution in [0.15, 0.2) is 0 Å². The molecule has 0 heterocycles. The summed E-state index contributed by atoms with van der Waals surface area (Å²) < 4.78 is 6.04. The van der Waals surface area contributed by atoms with Gasteiger partial charge in [0.15, 0.2) is 0 Å². The maximum atomic E-state index is 6.04. The molecule has 1 N–H and O–H groups in total. The Kier molecular flexibility index (Phi) is 11.9. The fourth-order valence-corrected chi connectivity index (χ4v) is 2.35. The topological polar surface area (TPSA) is 21.3 Å². The van der Waals surface area contributed by atoms with Crippen molar-refractivity contribution in [2.75, 3.05) is 6.54 Å². The van der Waals surface area contributed by atoms with Crippen LogP contribution in [0.25, 0.3) is 0 Å². The number of nitrogens with one attached hydrogen (secondary N) is 1. The van der Waals surface area contributed by atoms with Crippen molar-refractivity contribution in [2.45, 2.75) is 97.8 Å². The second-order valence-electron chi connectivity index (χ2n) is 5.70. The van der Waals surface area contributed by atoms with E-state index in [-0.39, 0.29) is 0 Å². The van der Waals surface area contributed by atoms with Gasteiger partial charge in [-0.3, -0.25) is 0 Å². The number of ether oxygens (including phenoxy) is 1. The molecule has 2 heteroatoms. The molecule has 0 bridgehead atoms. The predicted octanol–water partition coefficient (Wildman–Crippen LogP) is 4.53. The van der Waals surface area contributed by atoms with Crippen molar-refractivity contribution in [3.63, 3.8) is 0 Å². The van der Waals surface area contributed by atoms with Crippen LogP contribution >= 0.6 is 0 Å². The van der Waals surface area contributed by atoms with E-state index in [1.807, 2.05) is 0 Å². The summed E-state index contributed by atoms with van der Waals surface area (Å²) in [5.41, 5.74) is 0. The van der Waals surface area contributed by atoms with Gasteiger partial charge in [-0.2, -0.15) is 0 Å². The van der Waals surface area contributed by atoms with Crippen LogP contribution in [0.1, 0.15) is 79.6 Å². The molecule has 0 aromatic heterocycles. The van der Waals surface area contributed by atoms with Crippen LogP contribution < -0.4 is 5.32 Å². The Bertz CT molecular complexity index is 172. The lowest BCUT2D eigenvalue weighted by atomic mass is 10.1. The van der Waals surface area contributed by atoms with Crippen molar-refractivity contribution in [1.29, 1.82) is 0 Å². The average Bonchev–Trinajstić information content (AvgIpc) is 2.31. The maximum Gasteiger partial charge on any atom is 0.0565 e. The Morgan fingerprint density at radius 1 is 0.889 bits per heavy atom. The van der Waals surface area contributed by atoms with E-state index in [0.29, 0.717) is 18.2 Å². The van der Waals surface area contributed by atoms with Gasteiger partial charge in [0.25, 0.3) is 0 Å². The third-order valence-electron chi connectivity index (χ3n) is 3.36. The van der Waals surface area contributed by atoms with E-state index in [1.54, 1.807) is 0 Å². The summed E-state index contributed by atoms with van der Waals surface area (Å²) in [5, 5.41) is 3.52. The molecule has 3 atom stereocenters. The van der Waals surface area contributed by atoms with Gasteiger partial charge in [-0.15, -0.1) is 0 Å². The van der Waals surface area contributed by atoms with Crippen LogP contribution in [-0.4, -0.2) is 24.8 Å². The van der Waals surface area contributed by atoms with Crippen molar-refractivity contribution in [2.24, 2.45) is 0 Å². The fourth-order valence-electron chi connectivity index (χ4n) is 2.35. The molecule has 3 unspecified atom stereocenters. The van der Waals surface area contributed by atoms with Gasteiger partial charge in [-0.05, 0) is 46.6 Å². The Morgan fingerprint density at radius 3 is 2.22 bits per heavy atom. The van der Waals surface area contributed by atoms with Crippen LogP contribution in [-0.2, 0) is 4.74 Å². The first-order valence-corrected chi connectivity index (χ1v) is 7.98. The first-order chi connectivity index (χ1) is 8.60. The Balaban J connectivity index is 3.56. The van der Waals surface area contributed by atoms with E-state index < -0.39 is 0 Å². The molecule has 0 rings (SSSR count). The minimum Gasteiger partial charge on any atom is -0.376 e. The molecule has 0 saturated carbocycles. The van der Waals surface area contributed by atoms with Crippen LogP contribution in [0.3, 0.4) is 0 Å². The summed E-state index contributed by atoms with van der Waals surface area (Å²) >= 11 is 0. The Labute approximate surface area is 115 Å². The van der Waals surface area contributed by atoms with Gasteiger partial charge in [-0.1, -0.05) is 39.5 Å². The van der Waals surface area contributed by atoms with Gasteiger partial charge in [0.1, 0.15) is 0 Å². The fraction of sp³-hybridized carbons (Fsp3) is 1.00. The van der Waals surface area contributed by atoms with Crippen molar-refractivity contribution in [3.8, 4) is 0 Å². The van der Waals surface area contributed by atoms with Gasteiger partial charge in [0.2, 0.25) is 0 Å². The summed E-state index contributed by atoms with van der Waals surface area (Å²) in [7, 11) is 0. The monoisotopic (exact) mass is 257 g/mol. The molecule has 0 saturated heterocycles. The van der Waals surface area contributed by atoms with E-state index in [1.165, 1.54) is 38.5 Å².